The number of ether oxygens (including phenoxy) is 1. The summed E-state index contributed by atoms with van der Waals surface area (Å²) in [7, 11) is 0. The van der Waals surface area contributed by atoms with Gasteiger partial charge < -0.3 is 4.74 Å². The van der Waals surface area contributed by atoms with E-state index in [0.717, 1.165) is 19.3 Å². The molecule has 0 amide bonds. The zero-order valence-electron chi connectivity index (χ0n) is 16.5. The van der Waals surface area contributed by atoms with Crippen LogP contribution in [0.15, 0.2) is 12.3 Å². The third kappa shape index (κ3) is 19.3. The third-order valence-electron chi connectivity index (χ3n) is 4.50. The Hall–Kier alpha value is -0.790. The molecular formula is C22H42O2. The summed E-state index contributed by atoms with van der Waals surface area (Å²) in [6.07, 6.45) is 24.7. The molecule has 0 aliphatic heterocycles. The molecule has 142 valence electrons. The highest BCUT2D eigenvalue weighted by Crippen LogP contribution is 2.11. The van der Waals surface area contributed by atoms with Crippen LogP contribution in [0.1, 0.15) is 123 Å². The van der Waals surface area contributed by atoms with Crippen LogP contribution in [-0.2, 0) is 9.53 Å². The molecule has 2 nitrogen and oxygen atoms in total. The van der Waals surface area contributed by atoms with Crippen LogP contribution < -0.4 is 0 Å². The molecule has 0 atom stereocenters. The Morgan fingerprint density at radius 3 is 1.67 bits per heavy atom. The summed E-state index contributed by atoms with van der Waals surface area (Å²) in [6.45, 7) is 4.47. The lowest BCUT2D eigenvalue weighted by Gasteiger charge is -2.01. The molecule has 0 unspecified atom stereocenters. The molecular weight excluding hydrogens is 296 g/mol. The highest BCUT2D eigenvalue weighted by atomic mass is 16.5. The maximum absolute atomic E-state index is 11.5. The smallest absolute Gasteiger partial charge is 0.310 e. The molecule has 0 saturated heterocycles. The molecule has 0 aliphatic carbocycles. The van der Waals surface area contributed by atoms with Crippen molar-refractivity contribution in [1.29, 1.82) is 0 Å². The first-order chi connectivity index (χ1) is 11.8. The summed E-state index contributed by atoms with van der Waals surface area (Å²) < 4.78 is 5.12. The first-order valence-corrected chi connectivity index (χ1v) is 10.7. The minimum atomic E-state index is -0.0779. The summed E-state index contributed by atoms with van der Waals surface area (Å²) in [5, 5.41) is 0. The van der Waals surface area contributed by atoms with Crippen molar-refractivity contribution in [3.8, 4) is 0 Å². The number of allylic oxidation sites excluding steroid dienone is 1. The molecule has 0 aromatic carbocycles. The number of esters is 1. The number of unbranched alkanes of at least 4 members (excludes halogenated alkanes) is 14. The number of hydrogen-bond donors (Lipinski definition) is 0. The topological polar surface area (TPSA) is 26.3 Å². The maximum atomic E-state index is 11.5. The van der Waals surface area contributed by atoms with Crippen LogP contribution in [0.5, 0.6) is 0 Å². The zero-order chi connectivity index (χ0) is 17.7. The van der Waals surface area contributed by atoms with Crippen LogP contribution in [-0.4, -0.2) is 5.97 Å². The molecule has 0 aromatic rings. The van der Waals surface area contributed by atoms with Gasteiger partial charge in [-0.2, -0.15) is 0 Å². The van der Waals surface area contributed by atoms with Crippen molar-refractivity contribution >= 4 is 5.97 Å². The van der Waals surface area contributed by atoms with Gasteiger partial charge in [-0.25, -0.2) is 0 Å². The minimum absolute atomic E-state index is 0.0779. The van der Waals surface area contributed by atoms with Gasteiger partial charge in [0.25, 0.3) is 0 Å². The van der Waals surface area contributed by atoms with Gasteiger partial charge in [0.1, 0.15) is 0 Å². The Kier molecular flexibility index (Phi) is 19.6. The van der Waals surface area contributed by atoms with E-state index in [9.17, 15) is 4.79 Å². The molecule has 0 fully saturated rings. The first-order valence-electron chi connectivity index (χ1n) is 10.7. The van der Waals surface area contributed by atoms with E-state index in [2.05, 4.69) is 13.8 Å². The number of carbonyl (C=O) groups is 1. The van der Waals surface area contributed by atoms with E-state index in [4.69, 9.17) is 4.74 Å². The summed E-state index contributed by atoms with van der Waals surface area (Å²) in [5.74, 6) is -0.0779. The predicted octanol–water partition coefficient (Wildman–Crippen LogP) is 7.71. The van der Waals surface area contributed by atoms with Crippen LogP contribution in [0.2, 0.25) is 0 Å². The highest BCUT2D eigenvalue weighted by Gasteiger charge is 2.00. The highest BCUT2D eigenvalue weighted by molar-refractivity contribution is 5.69. The Labute approximate surface area is 151 Å². The summed E-state index contributed by atoms with van der Waals surface area (Å²) >= 11 is 0. The summed E-state index contributed by atoms with van der Waals surface area (Å²) in [5.41, 5.74) is 0. The Morgan fingerprint density at radius 2 is 1.12 bits per heavy atom. The minimum Gasteiger partial charge on any atom is -0.435 e. The van der Waals surface area contributed by atoms with Crippen LogP contribution >= 0.6 is 0 Å². The number of carbonyl (C=O) groups excluding carboxylic acids is 1. The van der Waals surface area contributed by atoms with Crippen LogP contribution in [0.25, 0.3) is 0 Å². The molecule has 0 aromatic heterocycles. The maximum Gasteiger partial charge on any atom is 0.310 e. The lowest BCUT2D eigenvalue weighted by Crippen LogP contribution is -1.98. The lowest BCUT2D eigenvalue weighted by molar-refractivity contribution is -0.138. The van der Waals surface area contributed by atoms with Gasteiger partial charge in [0.15, 0.2) is 0 Å². The molecule has 0 rings (SSSR count). The van der Waals surface area contributed by atoms with Crippen LogP contribution in [0, 0.1) is 0 Å². The number of hydrogen-bond acceptors (Lipinski definition) is 2. The van der Waals surface area contributed by atoms with Gasteiger partial charge in [0.05, 0.1) is 6.26 Å². The average Bonchev–Trinajstić information content (AvgIpc) is 2.59. The van der Waals surface area contributed by atoms with E-state index in [0.29, 0.717) is 6.42 Å². The fourth-order valence-corrected chi connectivity index (χ4v) is 2.87. The standard InChI is InChI=1S/C22H42O2/c1-3-5-7-9-10-11-12-13-14-15-17-19-21-24-22(23)20-18-16-8-6-4-2/h19,21H,3-18,20H2,1-2H3. The Balaban J connectivity index is 3.21. The van der Waals surface area contributed by atoms with Gasteiger partial charge in [0, 0.05) is 6.42 Å². The average molecular weight is 339 g/mol. The molecule has 0 bridgehead atoms. The van der Waals surface area contributed by atoms with Crippen LogP contribution in [0.3, 0.4) is 0 Å². The van der Waals surface area contributed by atoms with E-state index in [-0.39, 0.29) is 5.97 Å². The van der Waals surface area contributed by atoms with Gasteiger partial charge in [-0.15, -0.1) is 0 Å². The van der Waals surface area contributed by atoms with E-state index in [1.807, 2.05) is 6.08 Å². The molecule has 24 heavy (non-hydrogen) atoms. The molecule has 0 heterocycles. The number of rotatable bonds is 18. The molecule has 0 saturated carbocycles. The molecule has 0 aliphatic rings. The van der Waals surface area contributed by atoms with Gasteiger partial charge in [-0.05, 0) is 25.3 Å². The van der Waals surface area contributed by atoms with Crippen LogP contribution in [0.4, 0.5) is 0 Å². The molecule has 0 spiro atoms. The van der Waals surface area contributed by atoms with Crippen molar-refractivity contribution in [2.24, 2.45) is 0 Å². The lowest BCUT2D eigenvalue weighted by atomic mass is 10.1. The second-order valence-corrected chi connectivity index (χ2v) is 7.00. The SMILES string of the molecule is CCCCCCCCCCCCC=COC(=O)CCCCCCC. The Morgan fingerprint density at radius 1 is 0.667 bits per heavy atom. The first kappa shape index (κ1) is 23.2. The van der Waals surface area contributed by atoms with Crippen molar-refractivity contribution in [2.45, 2.75) is 123 Å². The third-order valence-corrected chi connectivity index (χ3v) is 4.50. The van der Waals surface area contributed by atoms with E-state index < -0.39 is 0 Å². The Bertz CT molecular complexity index is 284. The fourth-order valence-electron chi connectivity index (χ4n) is 2.87. The van der Waals surface area contributed by atoms with Crippen molar-refractivity contribution < 1.29 is 9.53 Å². The van der Waals surface area contributed by atoms with Gasteiger partial charge in [-0.1, -0.05) is 97.3 Å². The van der Waals surface area contributed by atoms with Crippen molar-refractivity contribution in [3.63, 3.8) is 0 Å². The molecule has 2 heteroatoms. The van der Waals surface area contributed by atoms with Crippen molar-refractivity contribution in [2.75, 3.05) is 0 Å². The normalized spacial score (nSPS) is 11.2. The second-order valence-electron chi connectivity index (χ2n) is 7.00. The quantitative estimate of drug-likeness (QED) is 0.145. The monoisotopic (exact) mass is 338 g/mol. The summed E-state index contributed by atoms with van der Waals surface area (Å²) in [4.78, 5) is 11.5. The second kappa shape index (κ2) is 20.3. The van der Waals surface area contributed by atoms with Crippen molar-refractivity contribution in [3.05, 3.63) is 12.3 Å². The molecule has 0 N–H and O–H groups in total. The fraction of sp³-hybridized carbons (Fsp3) is 0.864. The molecule has 0 radical (unpaired) electrons. The predicted molar refractivity (Wildman–Crippen MR) is 105 cm³/mol. The van der Waals surface area contributed by atoms with Crippen molar-refractivity contribution in [1.82, 2.24) is 0 Å². The van der Waals surface area contributed by atoms with Gasteiger partial charge >= 0.3 is 5.97 Å². The largest absolute Gasteiger partial charge is 0.435 e. The van der Waals surface area contributed by atoms with Gasteiger partial charge in [-0.3, -0.25) is 4.79 Å². The summed E-state index contributed by atoms with van der Waals surface area (Å²) in [6, 6.07) is 0. The van der Waals surface area contributed by atoms with E-state index >= 15 is 0 Å². The van der Waals surface area contributed by atoms with Gasteiger partial charge in [0.2, 0.25) is 0 Å². The van der Waals surface area contributed by atoms with E-state index in [1.165, 1.54) is 83.5 Å². The zero-order valence-corrected chi connectivity index (χ0v) is 16.5. The van der Waals surface area contributed by atoms with E-state index in [1.54, 1.807) is 6.26 Å².